The first-order valence-corrected chi connectivity index (χ1v) is 9.14. The van der Waals surface area contributed by atoms with Gasteiger partial charge in [0.05, 0.1) is 0 Å². The van der Waals surface area contributed by atoms with Crippen LogP contribution in [0.4, 0.5) is 0 Å². The van der Waals surface area contributed by atoms with E-state index in [0.717, 1.165) is 25.3 Å². The molecule has 0 spiro atoms. The van der Waals surface area contributed by atoms with Gasteiger partial charge in [-0.1, -0.05) is 12.1 Å². The normalized spacial score (nSPS) is 17.4. The Morgan fingerprint density at radius 3 is 2.57 bits per heavy atom. The standard InChI is InChI=1S/C18H20N2O2S/c1-23-12-13-7-9-20(11-13)18(22)15-4-2-14(3-5-15)17(21)16-6-8-19-10-16/h2-6,8,10,13,19H,7,9,11-12H2,1H3/t13-/m1/s1. The van der Waals surface area contributed by atoms with E-state index in [1.54, 1.807) is 42.7 Å². The first-order chi connectivity index (χ1) is 11.2. The molecular weight excluding hydrogens is 308 g/mol. The smallest absolute Gasteiger partial charge is 0.253 e. The van der Waals surface area contributed by atoms with E-state index in [1.807, 2.05) is 16.7 Å². The third-order valence-corrected chi connectivity index (χ3v) is 5.03. The molecule has 0 aliphatic carbocycles. The fraction of sp³-hybridized carbons (Fsp3) is 0.333. The number of carbonyl (C=O) groups excluding carboxylic acids is 2. The van der Waals surface area contributed by atoms with Crippen molar-refractivity contribution in [1.82, 2.24) is 9.88 Å². The van der Waals surface area contributed by atoms with Crippen molar-refractivity contribution in [3.63, 3.8) is 0 Å². The zero-order valence-corrected chi connectivity index (χ0v) is 13.9. The lowest BCUT2D eigenvalue weighted by atomic mass is 10.0. The van der Waals surface area contributed by atoms with Gasteiger partial charge in [-0.05, 0) is 42.5 Å². The highest BCUT2D eigenvalue weighted by atomic mass is 32.2. The maximum Gasteiger partial charge on any atom is 0.253 e. The molecule has 1 amide bonds. The minimum absolute atomic E-state index is 0.0357. The fourth-order valence-corrected chi connectivity index (χ4v) is 3.71. The number of benzene rings is 1. The lowest BCUT2D eigenvalue weighted by molar-refractivity contribution is 0.0788. The van der Waals surface area contributed by atoms with Gasteiger partial charge in [-0.2, -0.15) is 11.8 Å². The maximum atomic E-state index is 12.5. The number of nitrogens with one attached hydrogen (secondary N) is 1. The van der Waals surface area contributed by atoms with Crippen LogP contribution >= 0.6 is 11.8 Å². The van der Waals surface area contributed by atoms with Crippen LogP contribution in [0, 0.1) is 5.92 Å². The molecule has 2 aromatic rings. The maximum absolute atomic E-state index is 12.5. The zero-order valence-electron chi connectivity index (χ0n) is 13.1. The van der Waals surface area contributed by atoms with Gasteiger partial charge >= 0.3 is 0 Å². The van der Waals surface area contributed by atoms with Crippen molar-refractivity contribution in [3.05, 3.63) is 59.4 Å². The van der Waals surface area contributed by atoms with E-state index in [-0.39, 0.29) is 11.7 Å². The highest BCUT2D eigenvalue weighted by Gasteiger charge is 2.26. The number of hydrogen-bond donors (Lipinski definition) is 1. The van der Waals surface area contributed by atoms with E-state index in [2.05, 4.69) is 11.2 Å². The molecule has 1 aromatic heterocycles. The van der Waals surface area contributed by atoms with Crippen molar-refractivity contribution in [3.8, 4) is 0 Å². The van der Waals surface area contributed by atoms with Crippen LogP contribution in [0.25, 0.3) is 0 Å². The summed E-state index contributed by atoms with van der Waals surface area (Å²) >= 11 is 1.83. The number of likely N-dealkylation sites (tertiary alicyclic amines) is 1. The van der Waals surface area contributed by atoms with Gasteiger partial charge in [0, 0.05) is 42.2 Å². The number of aromatic amines is 1. The molecule has 1 saturated heterocycles. The first kappa shape index (κ1) is 15.9. The second-order valence-corrected chi connectivity index (χ2v) is 6.78. The highest BCUT2D eigenvalue weighted by molar-refractivity contribution is 7.98. The molecule has 1 aromatic carbocycles. The predicted octanol–water partition coefficient (Wildman–Crippen LogP) is 3.07. The van der Waals surface area contributed by atoms with Crippen LogP contribution in [0.1, 0.15) is 32.7 Å². The van der Waals surface area contributed by atoms with Crippen LogP contribution in [0.3, 0.4) is 0 Å². The Bertz CT molecular complexity index is 680. The molecule has 1 aliphatic rings. The van der Waals surface area contributed by atoms with Crippen LogP contribution in [0.15, 0.2) is 42.7 Å². The van der Waals surface area contributed by atoms with Gasteiger partial charge in [0.25, 0.3) is 5.91 Å². The van der Waals surface area contributed by atoms with Crippen LogP contribution < -0.4 is 0 Å². The molecule has 0 radical (unpaired) electrons. The number of amides is 1. The SMILES string of the molecule is CSC[C@@H]1CCN(C(=O)c2ccc(C(=O)c3cc[nH]c3)cc2)C1. The Kier molecular flexibility index (Phi) is 4.86. The average molecular weight is 328 g/mol. The summed E-state index contributed by atoms with van der Waals surface area (Å²) in [6.45, 7) is 1.66. The average Bonchev–Trinajstić information content (AvgIpc) is 3.26. The third kappa shape index (κ3) is 3.50. The van der Waals surface area contributed by atoms with Crippen LogP contribution in [-0.2, 0) is 0 Å². The molecule has 1 atom stereocenters. The third-order valence-electron chi connectivity index (χ3n) is 4.23. The molecule has 5 heteroatoms. The highest BCUT2D eigenvalue weighted by Crippen LogP contribution is 2.22. The van der Waals surface area contributed by atoms with Gasteiger partial charge in [0.2, 0.25) is 0 Å². The number of ketones is 1. The second kappa shape index (κ2) is 7.04. The molecule has 120 valence electrons. The first-order valence-electron chi connectivity index (χ1n) is 7.75. The van der Waals surface area contributed by atoms with Gasteiger partial charge in [-0.25, -0.2) is 0 Å². The van der Waals surface area contributed by atoms with Crippen LogP contribution in [0.5, 0.6) is 0 Å². The Morgan fingerprint density at radius 1 is 1.17 bits per heavy atom. The summed E-state index contributed by atoms with van der Waals surface area (Å²) in [5, 5.41) is 0. The summed E-state index contributed by atoms with van der Waals surface area (Å²) in [4.78, 5) is 29.6. The molecule has 1 N–H and O–H groups in total. The van der Waals surface area contributed by atoms with E-state index < -0.39 is 0 Å². The van der Waals surface area contributed by atoms with Gasteiger partial charge < -0.3 is 9.88 Å². The number of thioether (sulfide) groups is 1. The zero-order chi connectivity index (χ0) is 16.2. The summed E-state index contributed by atoms with van der Waals surface area (Å²) in [5.74, 6) is 1.73. The summed E-state index contributed by atoms with van der Waals surface area (Å²) in [6.07, 6.45) is 6.59. The van der Waals surface area contributed by atoms with Gasteiger partial charge in [0.1, 0.15) is 0 Å². The molecule has 0 unspecified atom stereocenters. The molecule has 2 heterocycles. The Morgan fingerprint density at radius 2 is 1.91 bits per heavy atom. The lowest BCUT2D eigenvalue weighted by Gasteiger charge is -2.16. The number of hydrogen-bond acceptors (Lipinski definition) is 3. The summed E-state index contributed by atoms with van der Waals surface area (Å²) in [7, 11) is 0. The van der Waals surface area contributed by atoms with Crippen molar-refractivity contribution in [2.45, 2.75) is 6.42 Å². The van der Waals surface area contributed by atoms with E-state index in [9.17, 15) is 9.59 Å². The molecule has 3 rings (SSSR count). The molecule has 0 saturated carbocycles. The summed E-state index contributed by atoms with van der Waals surface area (Å²) in [5.41, 5.74) is 1.88. The molecule has 0 bridgehead atoms. The monoisotopic (exact) mass is 328 g/mol. The number of nitrogens with zero attached hydrogens (tertiary/aromatic N) is 1. The second-order valence-electron chi connectivity index (χ2n) is 5.87. The topological polar surface area (TPSA) is 53.2 Å². The van der Waals surface area contributed by atoms with Crippen LogP contribution in [-0.4, -0.2) is 46.7 Å². The lowest BCUT2D eigenvalue weighted by Crippen LogP contribution is -2.29. The minimum atomic E-state index is -0.0357. The van der Waals surface area contributed by atoms with Gasteiger partial charge in [-0.15, -0.1) is 0 Å². The Balaban J connectivity index is 1.68. The number of H-pyrrole nitrogens is 1. The fourth-order valence-electron chi connectivity index (χ4n) is 2.97. The molecule has 23 heavy (non-hydrogen) atoms. The summed E-state index contributed by atoms with van der Waals surface area (Å²) < 4.78 is 0. The van der Waals surface area contributed by atoms with Crippen molar-refractivity contribution >= 4 is 23.5 Å². The number of aromatic nitrogens is 1. The quantitative estimate of drug-likeness (QED) is 0.858. The van der Waals surface area contributed by atoms with E-state index in [4.69, 9.17) is 0 Å². The molecule has 1 fully saturated rings. The Labute approximate surface area is 140 Å². The number of rotatable bonds is 5. The van der Waals surface area contributed by atoms with Crippen molar-refractivity contribution in [2.24, 2.45) is 5.92 Å². The Hall–Kier alpha value is -2.01. The van der Waals surface area contributed by atoms with Crippen molar-refractivity contribution in [2.75, 3.05) is 25.1 Å². The van der Waals surface area contributed by atoms with Crippen molar-refractivity contribution in [1.29, 1.82) is 0 Å². The van der Waals surface area contributed by atoms with Crippen LogP contribution in [0.2, 0.25) is 0 Å². The number of carbonyl (C=O) groups is 2. The van der Waals surface area contributed by atoms with Gasteiger partial charge in [0.15, 0.2) is 5.78 Å². The minimum Gasteiger partial charge on any atom is -0.367 e. The molecule has 4 nitrogen and oxygen atoms in total. The van der Waals surface area contributed by atoms with E-state index in [0.29, 0.717) is 22.6 Å². The summed E-state index contributed by atoms with van der Waals surface area (Å²) in [6, 6.07) is 8.72. The van der Waals surface area contributed by atoms with E-state index in [1.165, 1.54) is 0 Å². The van der Waals surface area contributed by atoms with Crippen molar-refractivity contribution < 1.29 is 9.59 Å². The largest absolute Gasteiger partial charge is 0.367 e. The molecule has 1 aliphatic heterocycles. The predicted molar refractivity (Wildman–Crippen MR) is 93.1 cm³/mol. The molecular formula is C18H20N2O2S. The van der Waals surface area contributed by atoms with Gasteiger partial charge in [-0.3, -0.25) is 9.59 Å². The van der Waals surface area contributed by atoms with E-state index >= 15 is 0 Å².